The van der Waals surface area contributed by atoms with E-state index in [9.17, 15) is 4.79 Å². The van der Waals surface area contributed by atoms with Crippen LogP contribution in [-0.2, 0) is 11.3 Å². The molecule has 0 aliphatic heterocycles. The van der Waals surface area contributed by atoms with Crippen LogP contribution < -0.4 is 10.1 Å². The highest BCUT2D eigenvalue weighted by Gasteiger charge is 2.11. The molecule has 0 aliphatic rings. The third kappa shape index (κ3) is 5.94. The number of benzene rings is 1. The number of nitrogens with one attached hydrogen (secondary N) is 1. The predicted molar refractivity (Wildman–Crippen MR) is 86.9 cm³/mol. The van der Waals surface area contributed by atoms with Gasteiger partial charge >= 0.3 is 0 Å². The van der Waals surface area contributed by atoms with E-state index >= 15 is 0 Å². The van der Waals surface area contributed by atoms with Gasteiger partial charge < -0.3 is 15.0 Å². The second-order valence-corrected chi connectivity index (χ2v) is 5.20. The van der Waals surface area contributed by atoms with E-state index in [-0.39, 0.29) is 12.5 Å². The molecule has 1 aromatic rings. The lowest BCUT2D eigenvalue weighted by molar-refractivity contribution is -0.132. The number of carbonyl (C=O) groups is 1. The molecule has 1 N–H and O–H groups in total. The molecular formula is C16H25ClN2O2. The van der Waals surface area contributed by atoms with Crippen molar-refractivity contribution in [3.05, 3.63) is 28.8 Å². The van der Waals surface area contributed by atoms with E-state index in [4.69, 9.17) is 16.3 Å². The van der Waals surface area contributed by atoms with Gasteiger partial charge in [0, 0.05) is 19.6 Å². The summed E-state index contributed by atoms with van der Waals surface area (Å²) in [6.07, 6.45) is 1.10. The van der Waals surface area contributed by atoms with E-state index in [1.54, 1.807) is 4.90 Å². The molecule has 1 aromatic carbocycles. The van der Waals surface area contributed by atoms with Crippen LogP contribution in [-0.4, -0.2) is 37.0 Å². The van der Waals surface area contributed by atoms with Crippen LogP contribution in [0.4, 0.5) is 0 Å². The molecule has 0 fully saturated rings. The summed E-state index contributed by atoms with van der Waals surface area (Å²) in [5.74, 6) is 0.529. The maximum atomic E-state index is 11.9. The molecule has 0 heterocycles. The van der Waals surface area contributed by atoms with Crippen molar-refractivity contribution in [3.8, 4) is 5.75 Å². The molecule has 0 atom stereocenters. The van der Waals surface area contributed by atoms with Crippen molar-refractivity contribution in [2.24, 2.45) is 0 Å². The molecule has 0 unspecified atom stereocenters. The second kappa shape index (κ2) is 9.64. The number of carbonyl (C=O) groups excluding carboxylic acids is 1. The third-order valence-electron chi connectivity index (χ3n) is 3.22. The highest BCUT2D eigenvalue weighted by atomic mass is 35.5. The van der Waals surface area contributed by atoms with Gasteiger partial charge in [-0.3, -0.25) is 4.79 Å². The largest absolute Gasteiger partial charge is 0.482 e. The molecule has 0 spiro atoms. The summed E-state index contributed by atoms with van der Waals surface area (Å²) in [5, 5.41) is 3.86. The molecule has 0 saturated carbocycles. The molecule has 21 heavy (non-hydrogen) atoms. The van der Waals surface area contributed by atoms with Crippen molar-refractivity contribution in [2.45, 2.75) is 33.7 Å². The smallest absolute Gasteiger partial charge is 0.260 e. The van der Waals surface area contributed by atoms with E-state index in [1.807, 2.05) is 32.0 Å². The predicted octanol–water partition coefficient (Wildman–Crippen LogP) is 3.09. The van der Waals surface area contributed by atoms with Crippen LogP contribution in [0.25, 0.3) is 0 Å². The first-order chi connectivity index (χ1) is 10.1. The highest BCUT2D eigenvalue weighted by molar-refractivity contribution is 6.32. The Kier molecular flexibility index (Phi) is 8.16. The maximum absolute atomic E-state index is 11.9. The first-order valence-corrected chi connectivity index (χ1v) is 7.89. The topological polar surface area (TPSA) is 41.6 Å². The number of ether oxygens (including phenoxy) is 1. The van der Waals surface area contributed by atoms with Crippen LogP contribution in [0, 0.1) is 0 Å². The molecule has 118 valence electrons. The van der Waals surface area contributed by atoms with Gasteiger partial charge in [-0.15, -0.1) is 0 Å². The van der Waals surface area contributed by atoms with Crippen LogP contribution in [0.1, 0.15) is 32.8 Å². The number of amides is 1. The van der Waals surface area contributed by atoms with Crippen LogP contribution in [0.5, 0.6) is 5.75 Å². The van der Waals surface area contributed by atoms with Gasteiger partial charge in [0.1, 0.15) is 5.75 Å². The molecule has 1 amide bonds. The van der Waals surface area contributed by atoms with Gasteiger partial charge in [-0.2, -0.15) is 0 Å². The Morgan fingerprint density at radius 2 is 2.00 bits per heavy atom. The fourth-order valence-corrected chi connectivity index (χ4v) is 2.25. The molecule has 0 saturated heterocycles. The monoisotopic (exact) mass is 312 g/mol. The number of likely N-dealkylation sites (N-methyl/N-ethyl adjacent to an activating group) is 1. The number of hydrogen-bond donors (Lipinski definition) is 1. The van der Waals surface area contributed by atoms with Gasteiger partial charge in [0.05, 0.1) is 5.02 Å². The van der Waals surface area contributed by atoms with E-state index in [0.717, 1.165) is 25.1 Å². The van der Waals surface area contributed by atoms with E-state index in [2.05, 4.69) is 12.2 Å². The van der Waals surface area contributed by atoms with Gasteiger partial charge in [0.15, 0.2) is 6.61 Å². The SMILES string of the molecule is CCCNCc1ccc(OCC(=O)N(CC)CC)c(Cl)c1. The normalized spacial score (nSPS) is 10.5. The number of halogens is 1. The Morgan fingerprint density at radius 1 is 1.29 bits per heavy atom. The fourth-order valence-electron chi connectivity index (χ4n) is 1.99. The molecular weight excluding hydrogens is 288 g/mol. The van der Waals surface area contributed by atoms with Gasteiger partial charge in [0.2, 0.25) is 0 Å². The number of hydrogen-bond acceptors (Lipinski definition) is 3. The number of rotatable bonds is 9. The van der Waals surface area contributed by atoms with Crippen molar-refractivity contribution < 1.29 is 9.53 Å². The van der Waals surface area contributed by atoms with Gasteiger partial charge in [0.25, 0.3) is 5.91 Å². The average Bonchev–Trinajstić information content (AvgIpc) is 2.48. The Hall–Kier alpha value is -1.26. The minimum atomic E-state index is -0.0234. The zero-order chi connectivity index (χ0) is 15.7. The maximum Gasteiger partial charge on any atom is 0.260 e. The summed E-state index contributed by atoms with van der Waals surface area (Å²) in [4.78, 5) is 13.6. The summed E-state index contributed by atoms with van der Waals surface area (Å²) in [5.41, 5.74) is 1.11. The minimum absolute atomic E-state index is 0.0227. The van der Waals surface area contributed by atoms with Crippen molar-refractivity contribution >= 4 is 17.5 Å². The first-order valence-electron chi connectivity index (χ1n) is 7.52. The molecule has 0 aliphatic carbocycles. The lowest BCUT2D eigenvalue weighted by Gasteiger charge is -2.19. The average molecular weight is 313 g/mol. The molecule has 5 heteroatoms. The Morgan fingerprint density at radius 3 is 2.57 bits per heavy atom. The first kappa shape index (κ1) is 17.8. The summed E-state index contributed by atoms with van der Waals surface area (Å²) >= 11 is 6.20. The van der Waals surface area contributed by atoms with E-state index in [1.165, 1.54) is 0 Å². The van der Waals surface area contributed by atoms with Gasteiger partial charge in [-0.05, 0) is 44.5 Å². The van der Waals surface area contributed by atoms with Gasteiger partial charge in [-0.25, -0.2) is 0 Å². The van der Waals surface area contributed by atoms with Crippen LogP contribution in [0.2, 0.25) is 5.02 Å². The standard InChI is InChI=1S/C16H25ClN2O2/c1-4-9-18-11-13-7-8-15(14(17)10-13)21-12-16(20)19(5-2)6-3/h7-8,10,18H,4-6,9,11-12H2,1-3H3. The van der Waals surface area contributed by atoms with Crippen molar-refractivity contribution in [1.82, 2.24) is 10.2 Å². The van der Waals surface area contributed by atoms with Crippen LogP contribution in [0.3, 0.4) is 0 Å². The lowest BCUT2D eigenvalue weighted by Crippen LogP contribution is -2.34. The molecule has 0 aromatic heterocycles. The quantitative estimate of drug-likeness (QED) is 0.712. The van der Waals surface area contributed by atoms with Crippen molar-refractivity contribution in [1.29, 1.82) is 0 Å². The van der Waals surface area contributed by atoms with Crippen molar-refractivity contribution in [3.63, 3.8) is 0 Å². The summed E-state index contributed by atoms with van der Waals surface area (Å²) < 4.78 is 5.52. The molecule has 0 bridgehead atoms. The summed E-state index contributed by atoms with van der Waals surface area (Å²) in [7, 11) is 0. The summed E-state index contributed by atoms with van der Waals surface area (Å²) in [6.45, 7) is 9.20. The lowest BCUT2D eigenvalue weighted by atomic mass is 10.2. The fraction of sp³-hybridized carbons (Fsp3) is 0.562. The molecule has 4 nitrogen and oxygen atoms in total. The van der Waals surface area contributed by atoms with Crippen LogP contribution >= 0.6 is 11.6 Å². The molecule has 0 radical (unpaired) electrons. The number of nitrogens with zero attached hydrogens (tertiary/aromatic N) is 1. The van der Waals surface area contributed by atoms with Crippen LogP contribution in [0.15, 0.2) is 18.2 Å². The van der Waals surface area contributed by atoms with E-state index in [0.29, 0.717) is 23.9 Å². The summed E-state index contributed by atoms with van der Waals surface area (Å²) in [6, 6.07) is 5.66. The second-order valence-electron chi connectivity index (χ2n) is 4.80. The zero-order valence-electron chi connectivity index (χ0n) is 13.1. The van der Waals surface area contributed by atoms with E-state index < -0.39 is 0 Å². The Balaban J connectivity index is 2.54. The van der Waals surface area contributed by atoms with Gasteiger partial charge in [-0.1, -0.05) is 24.6 Å². The Bertz CT molecular complexity index is 448. The molecule has 1 rings (SSSR count). The Labute approximate surface area is 132 Å². The highest BCUT2D eigenvalue weighted by Crippen LogP contribution is 2.25. The third-order valence-corrected chi connectivity index (χ3v) is 3.51. The van der Waals surface area contributed by atoms with Crippen molar-refractivity contribution in [2.75, 3.05) is 26.2 Å². The minimum Gasteiger partial charge on any atom is -0.482 e. The zero-order valence-corrected chi connectivity index (χ0v) is 13.9.